The van der Waals surface area contributed by atoms with Crippen LogP contribution < -0.4 is 24.8 Å². The molecule has 0 unspecified atom stereocenters. The number of carbonyl (C=O) groups is 1. The maximum atomic E-state index is 11.7. The van der Waals surface area contributed by atoms with Crippen LogP contribution in [0.5, 0.6) is 17.2 Å². The molecule has 1 aliphatic heterocycles. The van der Waals surface area contributed by atoms with E-state index in [2.05, 4.69) is 15.6 Å². The fraction of sp³-hybridized carbons (Fsp3) is 0.619. The minimum atomic E-state index is 0. The highest BCUT2D eigenvalue weighted by Crippen LogP contribution is 2.39. The van der Waals surface area contributed by atoms with Gasteiger partial charge in [-0.15, -0.1) is 24.0 Å². The first-order chi connectivity index (χ1) is 14.1. The fourth-order valence-electron chi connectivity index (χ4n) is 3.41. The Morgan fingerprint density at radius 1 is 1.13 bits per heavy atom. The van der Waals surface area contributed by atoms with E-state index in [1.165, 1.54) is 0 Å². The van der Waals surface area contributed by atoms with Gasteiger partial charge in [-0.3, -0.25) is 9.79 Å². The standard InChI is InChI=1S/C21H34N4O4.HI/c1-5-22-21(23-12-7-15-25-14-6-8-18(25)26)24-13-11-16-9-10-17(27-2)20(29-4)19(16)28-3;/h9-10H,5-8,11-15H2,1-4H3,(H2,22,23,24);1H. The number of nitrogens with zero attached hydrogens (tertiary/aromatic N) is 2. The lowest BCUT2D eigenvalue weighted by atomic mass is 10.1. The van der Waals surface area contributed by atoms with Gasteiger partial charge in [0.1, 0.15) is 0 Å². The Bertz CT molecular complexity index is 700. The van der Waals surface area contributed by atoms with Crippen LogP contribution in [0.15, 0.2) is 17.1 Å². The first-order valence-electron chi connectivity index (χ1n) is 10.2. The average Bonchev–Trinajstić information content (AvgIpc) is 3.15. The van der Waals surface area contributed by atoms with E-state index in [1.807, 2.05) is 24.0 Å². The topological polar surface area (TPSA) is 84.4 Å². The van der Waals surface area contributed by atoms with E-state index < -0.39 is 0 Å². The Morgan fingerprint density at radius 3 is 2.50 bits per heavy atom. The van der Waals surface area contributed by atoms with Gasteiger partial charge in [0, 0.05) is 44.7 Å². The third-order valence-electron chi connectivity index (χ3n) is 4.84. The number of methoxy groups -OCH3 is 3. The average molecular weight is 534 g/mol. The van der Waals surface area contributed by atoms with Gasteiger partial charge in [0.25, 0.3) is 0 Å². The number of hydrogen-bond donors (Lipinski definition) is 2. The number of benzene rings is 1. The van der Waals surface area contributed by atoms with Crippen LogP contribution in [0.2, 0.25) is 0 Å². The van der Waals surface area contributed by atoms with Crippen LogP contribution >= 0.6 is 24.0 Å². The van der Waals surface area contributed by atoms with E-state index in [-0.39, 0.29) is 29.9 Å². The Labute approximate surface area is 196 Å². The maximum absolute atomic E-state index is 11.7. The number of carbonyl (C=O) groups excluding carboxylic acids is 1. The van der Waals surface area contributed by atoms with Crippen molar-refractivity contribution in [1.82, 2.24) is 15.5 Å². The number of ether oxygens (including phenoxy) is 3. The van der Waals surface area contributed by atoms with E-state index in [0.717, 1.165) is 50.4 Å². The van der Waals surface area contributed by atoms with Crippen LogP contribution in [0.25, 0.3) is 0 Å². The third-order valence-corrected chi connectivity index (χ3v) is 4.84. The number of halogens is 1. The Kier molecular flexibility index (Phi) is 12.3. The number of aliphatic imine (C=N–C) groups is 1. The van der Waals surface area contributed by atoms with E-state index >= 15 is 0 Å². The van der Waals surface area contributed by atoms with Gasteiger partial charge in [0.05, 0.1) is 21.3 Å². The predicted octanol–water partition coefficient (Wildman–Crippen LogP) is 2.44. The van der Waals surface area contributed by atoms with E-state index in [9.17, 15) is 4.79 Å². The monoisotopic (exact) mass is 534 g/mol. The summed E-state index contributed by atoms with van der Waals surface area (Å²) in [7, 11) is 4.84. The number of amides is 1. The number of hydrogen-bond acceptors (Lipinski definition) is 5. The molecule has 1 aromatic rings. The van der Waals surface area contributed by atoms with Crippen LogP contribution in [-0.4, -0.2) is 70.8 Å². The van der Waals surface area contributed by atoms with Gasteiger partial charge in [-0.2, -0.15) is 0 Å². The van der Waals surface area contributed by atoms with Gasteiger partial charge >= 0.3 is 0 Å². The molecule has 1 amide bonds. The molecule has 2 N–H and O–H groups in total. The Hall–Kier alpha value is -1.91. The molecule has 0 bridgehead atoms. The largest absolute Gasteiger partial charge is 0.493 e. The van der Waals surface area contributed by atoms with Crippen molar-refractivity contribution in [1.29, 1.82) is 0 Å². The zero-order valence-electron chi connectivity index (χ0n) is 18.5. The lowest BCUT2D eigenvalue weighted by Crippen LogP contribution is -2.38. The number of rotatable bonds is 11. The van der Waals surface area contributed by atoms with Crippen LogP contribution in [0.1, 0.15) is 31.7 Å². The zero-order valence-corrected chi connectivity index (χ0v) is 20.8. The van der Waals surface area contributed by atoms with Crippen molar-refractivity contribution in [3.8, 4) is 17.2 Å². The first-order valence-corrected chi connectivity index (χ1v) is 10.2. The normalized spacial score (nSPS) is 13.7. The van der Waals surface area contributed by atoms with E-state index in [4.69, 9.17) is 14.2 Å². The first kappa shape index (κ1) is 26.1. The second kappa shape index (κ2) is 14.2. The molecule has 0 spiro atoms. The highest BCUT2D eigenvalue weighted by Gasteiger charge is 2.19. The summed E-state index contributed by atoms with van der Waals surface area (Å²) in [6, 6.07) is 3.87. The van der Waals surface area contributed by atoms with Crippen molar-refractivity contribution in [2.45, 2.75) is 32.6 Å². The summed E-state index contributed by atoms with van der Waals surface area (Å²) in [5, 5.41) is 6.61. The third kappa shape index (κ3) is 7.41. The highest BCUT2D eigenvalue weighted by atomic mass is 127. The maximum Gasteiger partial charge on any atom is 0.222 e. The second-order valence-corrected chi connectivity index (χ2v) is 6.77. The highest BCUT2D eigenvalue weighted by molar-refractivity contribution is 14.0. The quantitative estimate of drug-likeness (QED) is 0.197. The van der Waals surface area contributed by atoms with Gasteiger partial charge in [-0.25, -0.2) is 0 Å². The molecular formula is C21H35IN4O4. The lowest BCUT2D eigenvalue weighted by Gasteiger charge is -2.17. The summed E-state index contributed by atoms with van der Waals surface area (Å²) in [5.41, 5.74) is 1.03. The van der Waals surface area contributed by atoms with Gasteiger partial charge in [0.2, 0.25) is 11.7 Å². The molecule has 2 rings (SSSR count). The summed E-state index contributed by atoms with van der Waals surface area (Å²) >= 11 is 0. The molecule has 8 nitrogen and oxygen atoms in total. The SMILES string of the molecule is CCNC(=NCCCN1CCCC1=O)NCCc1ccc(OC)c(OC)c1OC.I. The van der Waals surface area contributed by atoms with Crippen molar-refractivity contribution in [2.24, 2.45) is 4.99 Å². The van der Waals surface area contributed by atoms with Crippen LogP contribution in [-0.2, 0) is 11.2 Å². The number of guanidine groups is 1. The molecule has 1 fully saturated rings. The van der Waals surface area contributed by atoms with Gasteiger partial charge in [0.15, 0.2) is 17.5 Å². The molecule has 0 atom stereocenters. The predicted molar refractivity (Wildman–Crippen MR) is 130 cm³/mol. The van der Waals surface area contributed by atoms with Gasteiger partial charge in [-0.05, 0) is 32.3 Å². The molecule has 0 radical (unpaired) electrons. The van der Waals surface area contributed by atoms with E-state index in [0.29, 0.717) is 36.8 Å². The molecule has 1 aliphatic rings. The Balaban J connectivity index is 0.00000450. The molecule has 30 heavy (non-hydrogen) atoms. The Morgan fingerprint density at radius 2 is 1.90 bits per heavy atom. The van der Waals surface area contributed by atoms with Crippen molar-refractivity contribution >= 4 is 35.8 Å². The summed E-state index contributed by atoms with van der Waals surface area (Å²) in [4.78, 5) is 18.2. The van der Waals surface area contributed by atoms with Crippen LogP contribution in [0.3, 0.4) is 0 Å². The van der Waals surface area contributed by atoms with Crippen molar-refractivity contribution in [3.63, 3.8) is 0 Å². The molecule has 9 heteroatoms. The van der Waals surface area contributed by atoms with Crippen molar-refractivity contribution in [2.75, 3.05) is 54.1 Å². The summed E-state index contributed by atoms with van der Waals surface area (Å²) < 4.78 is 16.3. The summed E-state index contributed by atoms with van der Waals surface area (Å²) in [5.74, 6) is 2.98. The smallest absolute Gasteiger partial charge is 0.222 e. The minimum Gasteiger partial charge on any atom is -0.493 e. The molecule has 0 saturated carbocycles. The lowest BCUT2D eigenvalue weighted by molar-refractivity contribution is -0.127. The van der Waals surface area contributed by atoms with Crippen LogP contribution in [0, 0.1) is 0 Å². The zero-order chi connectivity index (χ0) is 21.1. The molecule has 1 saturated heterocycles. The van der Waals surface area contributed by atoms with E-state index in [1.54, 1.807) is 21.3 Å². The molecule has 0 aliphatic carbocycles. The number of likely N-dealkylation sites (tertiary alicyclic amines) is 1. The van der Waals surface area contributed by atoms with Gasteiger partial charge < -0.3 is 29.7 Å². The number of nitrogens with one attached hydrogen (secondary N) is 2. The molecule has 170 valence electrons. The molecular weight excluding hydrogens is 499 g/mol. The fourth-order valence-corrected chi connectivity index (χ4v) is 3.41. The van der Waals surface area contributed by atoms with Gasteiger partial charge in [-0.1, -0.05) is 6.07 Å². The summed E-state index contributed by atoms with van der Waals surface area (Å²) in [6.45, 7) is 5.87. The van der Waals surface area contributed by atoms with Crippen molar-refractivity contribution in [3.05, 3.63) is 17.7 Å². The second-order valence-electron chi connectivity index (χ2n) is 6.77. The van der Waals surface area contributed by atoms with Crippen molar-refractivity contribution < 1.29 is 19.0 Å². The molecule has 1 heterocycles. The summed E-state index contributed by atoms with van der Waals surface area (Å²) in [6.07, 6.45) is 3.28. The molecule has 1 aromatic carbocycles. The minimum absolute atomic E-state index is 0. The van der Waals surface area contributed by atoms with Crippen LogP contribution in [0.4, 0.5) is 0 Å². The molecule has 0 aromatic heterocycles.